The monoisotopic (exact) mass is 384 g/mol. The average molecular weight is 384 g/mol. The number of halogens is 1. The predicted molar refractivity (Wildman–Crippen MR) is 103 cm³/mol. The largest absolute Gasteiger partial charge is 0.478 e. The molecular formula is C20H21FN4O3. The van der Waals surface area contributed by atoms with Crippen LogP contribution in [0.2, 0.25) is 0 Å². The Bertz CT molecular complexity index is 1010. The Kier molecular flexibility index (Phi) is 5.58. The van der Waals surface area contributed by atoms with Crippen LogP contribution in [0.5, 0.6) is 0 Å². The SMILES string of the molecule is CC(C)NC(=O)NCc1nc2cc(C(=O)O)ccc2n1Cc1ccc(F)cc1. The Morgan fingerprint density at radius 3 is 2.54 bits per heavy atom. The van der Waals surface area contributed by atoms with Crippen molar-refractivity contribution in [2.24, 2.45) is 0 Å². The average Bonchev–Trinajstić information content (AvgIpc) is 2.98. The fraction of sp³-hybridized carbons (Fsp3) is 0.250. The highest BCUT2D eigenvalue weighted by Crippen LogP contribution is 2.20. The van der Waals surface area contributed by atoms with Crippen LogP contribution in [-0.4, -0.2) is 32.7 Å². The van der Waals surface area contributed by atoms with Crippen LogP contribution in [0.15, 0.2) is 42.5 Å². The van der Waals surface area contributed by atoms with Crippen molar-refractivity contribution in [1.29, 1.82) is 0 Å². The number of aromatic carboxylic acids is 1. The highest BCUT2D eigenvalue weighted by atomic mass is 19.1. The van der Waals surface area contributed by atoms with Crippen LogP contribution in [-0.2, 0) is 13.1 Å². The minimum atomic E-state index is -1.04. The molecule has 0 atom stereocenters. The summed E-state index contributed by atoms with van der Waals surface area (Å²) < 4.78 is 15.1. The van der Waals surface area contributed by atoms with Crippen molar-refractivity contribution in [3.05, 3.63) is 65.2 Å². The lowest BCUT2D eigenvalue weighted by atomic mass is 10.2. The van der Waals surface area contributed by atoms with Crippen LogP contribution in [0.1, 0.15) is 35.6 Å². The zero-order valence-electron chi connectivity index (χ0n) is 15.6. The first-order valence-electron chi connectivity index (χ1n) is 8.84. The lowest BCUT2D eigenvalue weighted by molar-refractivity contribution is 0.0697. The number of fused-ring (bicyclic) bond motifs is 1. The second kappa shape index (κ2) is 8.08. The van der Waals surface area contributed by atoms with Crippen LogP contribution >= 0.6 is 0 Å². The van der Waals surface area contributed by atoms with E-state index in [0.29, 0.717) is 17.9 Å². The van der Waals surface area contributed by atoms with Crippen LogP contribution in [0.4, 0.5) is 9.18 Å². The van der Waals surface area contributed by atoms with E-state index in [9.17, 15) is 19.1 Å². The summed E-state index contributed by atoms with van der Waals surface area (Å²) in [6.45, 7) is 4.29. The molecule has 0 fully saturated rings. The maximum atomic E-state index is 13.2. The van der Waals surface area contributed by atoms with E-state index < -0.39 is 5.97 Å². The number of urea groups is 1. The molecule has 0 aliphatic carbocycles. The molecule has 0 bridgehead atoms. The number of rotatable bonds is 6. The first-order valence-corrected chi connectivity index (χ1v) is 8.84. The van der Waals surface area contributed by atoms with Crippen molar-refractivity contribution in [2.45, 2.75) is 33.0 Å². The molecule has 7 nitrogen and oxygen atoms in total. The maximum absolute atomic E-state index is 13.2. The molecule has 2 aromatic carbocycles. The molecule has 3 aromatic rings. The van der Waals surface area contributed by atoms with Gasteiger partial charge in [0.1, 0.15) is 11.6 Å². The van der Waals surface area contributed by atoms with Crippen LogP contribution < -0.4 is 10.6 Å². The topological polar surface area (TPSA) is 96.2 Å². The Hall–Kier alpha value is -3.42. The van der Waals surface area contributed by atoms with Crippen LogP contribution in [0.3, 0.4) is 0 Å². The first kappa shape index (κ1) is 19.3. The molecule has 28 heavy (non-hydrogen) atoms. The van der Waals surface area contributed by atoms with Gasteiger partial charge in [-0.15, -0.1) is 0 Å². The summed E-state index contributed by atoms with van der Waals surface area (Å²) in [5.74, 6) is -0.788. The van der Waals surface area contributed by atoms with Gasteiger partial charge in [0, 0.05) is 12.6 Å². The summed E-state index contributed by atoms with van der Waals surface area (Å²) in [4.78, 5) is 27.7. The van der Waals surface area contributed by atoms with Crippen molar-refractivity contribution in [1.82, 2.24) is 20.2 Å². The van der Waals surface area contributed by atoms with Gasteiger partial charge in [-0.1, -0.05) is 12.1 Å². The summed E-state index contributed by atoms with van der Waals surface area (Å²) >= 11 is 0. The summed E-state index contributed by atoms with van der Waals surface area (Å²) in [6.07, 6.45) is 0. The lowest BCUT2D eigenvalue weighted by Crippen LogP contribution is -2.39. The van der Waals surface area contributed by atoms with Gasteiger partial charge >= 0.3 is 12.0 Å². The second-order valence-corrected chi connectivity index (χ2v) is 6.73. The van der Waals surface area contributed by atoms with Gasteiger partial charge < -0.3 is 20.3 Å². The van der Waals surface area contributed by atoms with Gasteiger partial charge in [-0.2, -0.15) is 0 Å². The van der Waals surface area contributed by atoms with Crippen molar-refractivity contribution in [2.75, 3.05) is 0 Å². The zero-order valence-corrected chi connectivity index (χ0v) is 15.6. The van der Waals surface area contributed by atoms with Crippen molar-refractivity contribution < 1.29 is 19.1 Å². The van der Waals surface area contributed by atoms with Crippen molar-refractivity contribution in [3.63, 3.8) is 0 Å². The van der Waals surface area contributed by atoms with E-state index in [1.807, 2.05) is 18.4 Å². The summed E-state index contributed by atoms with van der Waals surface area (Å²) in [6, 6.07) is 10.5. The molecule has 0 aliphatic rings. The van der Waals surface area contributed by atoms with Gasteiger partial charge in [0.2, 0.25) is 0 Å². The zero-order chi connectivity index (χ0) is 20.3. The Morgan fingerprint density at radius 2 is 1.89 bits per heavy atom. The fourth-order valence-electron chi connectivity index (χ4n) is 2.87. The third-order valence-corrected chi connectivity index (χ3v) is 4.16. The summed E-state index contributed by atoms with van der Waals surface area (Å²) in [5.41, 5.74) is 2.24. The van der Waals surface area contributed by atoms with Gasteiger partial charge in [0.15, 0.2) is 0 Å². The number of carboxylic acids is 1. The molecule has 3 rings (SSSR count). The maximum Gasteiger partial charge on any atom is 0.335 e. The number of carbonyl (C=O) groups is 2. The smallest absolute Gasteiger partial charge is 0.335 e. The number of imidazole rings is 1. The molecule has 2 amide bonds. The fourth-order valence-corrected chi connectivity index (χ4v) is 2.87. The van der Waals surface area contributed by atoms with Gasteiger partial charge in [0.25, 0.3) is 0 Å². The number of aromatic nitrogens is 2. The lowest BCUT2D eigenvalue weighted by Gasteiger charge is -2.12. The van der Waals surface area contributed by atoms with E-state index in [4.69, 9.17) is 0 Å². The summed E-state index contributed by atoms with van der Waals surface area (Å²) in [7, 11) is 0. The van der Waals surface area contributed by atoms with E-state index in [1.165, 1.54) is 24.3 Å². The minimum absolute atomic E-state index is 0.00356. The number of hydrogen-bond donors (Lipinski definition) is 3. The number of nitrogens with zero attached hydrogens (tertiary/aromatic N) is 2. The molecule has 3 N–H and O–H groups in total. The predicted octanol–water partition coefficient (Wildman–Crippen LogP) is 3.13. The van der Waals surface area contributed by atoms with Crippen molar-refractivity contribution in [3.8, 4) is 0 Å². The van der Waals surface area contributed by atoms with E-state index in [1.54, 1.807) is 18.2 Å². The van der Waals surface area contributed by atoms with E-state index in [2.05, 4.69) is 15.6 Å². The first-order chi connectivity index (χ1) is 13.3. The molecule has 1 aromatic heterocycles. The Balaban J connectivity index is 1.95. The molecule has 8 heteroatoms. The molecule has 0 aliphatic heterocycles. The van der Waals surface area contributed by atoms with Gasteiger partial charge in [0.05, 0.1) is 23.1 Å². The van der Waals surface area contributed by atoms with E-state index >= 15 is 0 Å². The van der Waals surface area contributed by atoms with Crippen molar-refractivity contribution >= 4 is 23.0 Å². The Morgan fingerprint density at radius 1 is 1.18 bits per heavy atom. The Labute approximate surface area is 161 Å². The van der Waals surface area contributed by atoms with Crippen LogP contribution in [0, 0.1) is 5.82 Å². The van der Waals surface area contributed by atoms with Gasteiger partial charge in [-0.3, -0.25) is 0 Å². The minimum Gasteiger partial charge on any atom is -0.478 e. The molecule has 1 heterocycles. The number of benzene rings is 2. The number of carbonyl (C=O) groups excluding carboxylic acids is 1. The van der Waals surface area contributed by atoms with E-state index in [-0.39, 0.29) is 30.0 Å². The molecular weight excluding hydrogens is 363 g/mol. The van der Waals surface area contributed by atoms with E-state index in [0.717, 1.165) is 11.1 Å². The van der Waals surface area contributed by atoms with Gasteiger partial charge in [-0.25, -0.2) is 19.0 Å². The highest BCUT2D eigenvalue weighted by molar-refractivity contribution is 5.92. The number of carboxylic acid groups (broad SMARTS) is 1. The van der Waals surface area contributed by atoms with Gasteiger partial charge in [-0.05, 0) is 49.7 Å². The molecule has 0 saturated heterocycles. The number of hydrogen-bond acceptors (Lipinski definition) is 3. The molecule has 0 saturated carbocycles. The number of amides is 2. The number of nitrogens with one attached hydrogen (secondary N) is 2. The molecule has 0 radical (unpaired) electrons. The summed E-state index contributed by atoms with van der Waals surface area (Å²) in [5, 5.41) is 14.7. The van der Waals surface area contributed by atoms with Crippen LogP contribution in [0.25, 0.3) is 11.0 Å². The second-order valence-electron chi connectivity index (χ2n) is 6.73. The normalized spacial score (nSPS) is 11.0. The third kappa shape index (κ3) is 4.46. The molecule has 146 valence electrons. The quantitative estimate of drug-likeness (QED) is 0.608. The third-order valence-electron chi connectivity index (χ3n) is 4.16. The molecule has 0 unspecified atom stereocenters. The molecule has 0 spiro atoms. The highest BCUT2D eigenvalue weighted by Gasteiger charge is 2.15. The standard InChI is InChI=1S/C20H21FN4O3/c1-12(2)23-20(28)22-10-18-24-16-9-14(19(26)27)5-8-17(16)25(18)11-13-3-6-15(21)7-4-13/h3-9,12H,10-11H2,1-2H3,(H,26,27)(H2,22,23,28).